The van der Waals surface area contributed by atoms with Crippen molar-refractivity contribution in [2.24, 2.45) is 0 Å². The summed E-state index contributed by atoms with van der Waals surface area (Å²) in [6.45, 7) is 4.60. The summed E-state index contributed by atoms with van der Waals surface area (Å²) < 4.78 is 27.7. The molecule has 4 nitrogen and oxygen atoms in total. The van der Waals surface area contributed by atoms with Crippen molar-refractivity contribution >= 4 is 15.5 Å². The Morgan fingerprint density at radius 1 is 1.24 bits per heavy atom. The maximum Gasteiger partial charge on any atom is 0.175 e. The lowest BCUT2D eigenvalue weighted by atomic mass is 10.1. The zero-order chi connectivity index (χ0) is 13.1. The van der Waals surface area contributed by atoms with E-state index in [4.69, 9.17) is 4.74 Å². The van der Waals surface area contributed by atoms with Gasteiger partial charge < -0.3 is 10.1 Å². The van der Waals surface area contributed by atoms with Gasteiger partial charge in [0.15, 0.2) is 9.84 Å². The molecule has 1 aromatic carbocycles. The van der Waals surface area contributed by atoms with Crippen LogP contribution in [-0.2, 0) is 14.6 Å². The average molecular weight is 257 g/mol. The third-order valence-electron chi connectivity index (χ3n) is 2.27. The van der Waals surface area contributed by atoms with Gasteiger partial charge in [0.1, 0.15) is 0 Å². The van der Waals surface area contributed by atoms with E-state index in [0.717, 1.165) is 5.69 Å². The normalized spacial score (nSPS) is 12.5. The third kappa shape index (κ3) is 4.36. The Morgan fingerprint density at radius 2 is 1.76 bits per heavy atom. The second-order valence-electron chi connectivity index (χ2n) is 4.74. The first-order valence-electron chi connectivity index (χ1n) is 5.32. The standard InChI is InChI=1S/C12H19NO3S/c1-12(2,9-16-3)13-10-5-7-11(8-6-10)17(4,14)15/h5-8,13H,9H2,1-4H3. The molecular weight excluding hydrogens is 238 g/mol. The molecule has 1 aromatic rings. The van der Waals surface area contributed by atoms with Gasteiger partial charge in [0, 0.05) is 19.1 Å². The van der Waals surface area contributed by atoms with E-state index in [1.807, 2.05) is 13.8 Å². The van der Waals surface area contributed by atoms with Gasteiger partial charge in [-0.05, 0) is 38.1 Å². The highest BCUT2D eigenvalue weighted by Gasteiger charge is 2.17. The zero-order valence-electron chi connectivity index (χ0n) is 10.6. The van der Waals surface area contributed by atoms with Gasteiger partial charge in [-0.15, -0.1) is 0 Å². The lowest BCUT2D eigenvalue weighted by Crippen LogP contribution is -2.35. The number of ether oxygens (including phenoxy) is 1. The first kappa shape index (κ1) is 14.0. The van der Waals surface area contributed by atoms with E-state index in [-0.39, 0.29) is 5.54 Å². The second kappa shape index (κ2) is 5.06. The van der Waals surface area contributed by atoms with Gasteiger partial charge in [-0.25, -0.2) is 8.42 Å². The van der Waals surface area contributed by atoms with Crippen molar-refractivity contribution in [3.8, 4) is 0 Å². The lowest BCUT2D eigenvalue weighted by Gasteiger charge is -2.26. The van der Waals surface area contributed by atoms with Crippen LogP contribution in [0, 0.1) is 0 Å². The molecule has 0 saturated carbocycles. The van der Waals surface area contributed by atoms with Crippen LogP contribution in [0.25, 0.3) is 0 Å². The van der Waals surface area contributed by atoms with Gasteiger partial charge in [0.25, 0.3) is 0 Å². The van der Waals surface area contributed by atoms with E-state index in [1.165, 1.54) is 6.26 Å². The Labute approximate surface area is 103 Å². The van der Waals surface area contributed by atoms with Crippen molar-refractivity contribution in [1.82, 2.24) is 0 Å². The molecule has 0 bridgehead atoms. The summed E-state index contributed by atoms with van der Waals surface area (Å²) in [6.07, 6.45) is 1.20. The summed E-state index contributed by atoms with van der Waals surface area (Å²) in [5.41, 5.74) is 0.681. The largest absolute Gasteiger partial charge is 0.382 e. The van der Waals surface area contributed by atoms with Crippen LogP contribution in [0.15, 0.2) is 29.2 Å². The third-order valence-corrected chi connectivity index (χ3v) is 3.40. The van der Waals surface area contributed by atoms with Crippen molar-refractivity contribution < 1.29 is 13.2 Å². The molecule has 5 heteroatoms. The number of hydrogen-bond acceptors (Lipinski definition) is 4. The summed E-state index contributed by atoms with van der Waals surface area (Å²) in [5, 5.41) is 3.28. The van der Waals surface area contributed by atoms with Crippen LogP contribution in [0.5, 0.6) is 0 Å². The van der Waals surface area contributed by atoms with E-state index in [0.29, 0.717) is 11.5 Å². The molecule has 0 heterocycles. The van der Waals surface area contributed by atoms with Crippen LogP contribution < -0.4 is 5.32 Å². The molecule has 0 aliphatic heterocycles. The summed E-state index contributed by atoms with van der Waals surface area (Å²) in [4.78, 5) is 0.326. The van der Waals surface area contributed by atoms with Crippen LogP contribution in [0.2, 0.25) is 0 Å². The topological polar surface area (TPSA) is 55.4 Å². The zero-order valence-corrected chi connectivity index (χ0v) is 11.5. The smallest absolute Gasteiger partial charge is 0.175 e. The first-order valence-corrected chi connectivity index (χ1v) is 7.21. The number of nitrogens with one attached hydrogen (secondary N) is 1. The quantitative estimate of drug-likeness (QED) is 0.875. The monoisotopic (exact) mass is 257 g/mol. The summed E-state index contributed by atoms with van der Waals surface area (Å²) >= 11 is 0. The summed E-state index contributed by atoms with van der Waals surface area (Å²) in [5.74, 6) is 0. The molecule has 0 radical (unpaired) electrons. The molecule has 0 aliphatic carbocycles. The van der Waals surface area contributed by atoms with Crippen molar-refractivity contribution in [2.45, 2.75) is 24.3 Å². The lowest BCUT2D eigenvalue weighted by molar-refractivity contribution is 0.158. The fourth-order valence-electron chi connectivity index (χ4n) is 1.57. The number of methoxy groups -OCH3 is 1. The molecule has 0 unspecified atom stereocenters. The Hall–Kier alpha value is -1.07. The molecule has 1 N–H and O–H groups in total. The van der Waals surface area contributed by atoms with Crippen molar-refractivity contribution in [1.29, 1.82) is 0 Å². The fourth-order valence-corrected chi connectivity index (χ4v) is 2.20. The van der Waals surface area contributed by atoms with E-state index < -0.39 is 9.84 Å². The minimum Gasteiger partial charge on any atom is -0.382 e. The molecular formula is C12H19NO3S. The van der Waals surface area contributed by atoms with Crippen molar-refractivity contribution in [3.05, 3.63) is 24.3 Å². The van der Waals surface area contributed by atoms with Gasteiger partial charge in [0.05, 0.1) is 17.0 Å². The highest BCUT2D eigenvalue weighted by molar-refractivity contribution is 7.90. The van der Waals surface area contributed by atoms with Crippen LogP contribution in [-0.4, -0.2) is 33.9 Å². The molecule has 0 aromatic heterocycles. The van der Waals surface area contributed by atoms with Gasteiger partial charge in [0.2, 0.25) is 0 Å². The highest BCUT2D eigenvalue weighted by Crippen LogP contribution is 2.18. The SMILES string of the molecule is COCC(C)(C)Nc1ccc(S(C)(=O)=O)cc1. The number of hydrogen-bond donors (Lipinski definition) is 1. The summed E-state index contributed by atoms with van der Waals surface area (Å²) in [6, 6.07) is 6.71. The Balaban J connectivity index is 2.82. The number of anilines is 1. The molecule has 0 spiro atoms. The van der Waals surface area contributed by atoms with Gasteiger partial charge in [-0.2, -0.15) is 0 Å². The van der Waals surface area contributed by atoms with Crippen LogP contribution in [0.4, 0.5) is 5.69 Å². The molecule has 96 valence electrons. The number of benzene rings is 1. The molecule has 1 rings (SSSR count). The molecule has 0 atom stereocenters. The number of rotatable bonds is 5. The molecule has 17 heavy (non-hydrogen) atoms. The highest BCUT2D eigenvalue weighted by atomic mass is 32.2. The van der Waals surface area contributed by atoms with E-state index in [9.17, 15) is 8.42 Å². The Morgan fingerprint density at radius 3 is 2.18 bits per heavy atom. The minimum absolute atomic E-state index is 0.193. The van der Waals surface area contributed by atoms with Crippen molar-refractivity contribution in [3.63, 3.8) is 0 Å². The molecule has 0 aliphatic rings. The van der Waals surface area contributed by atoms with Gasteiger partial charge >= 0.3 is 0 Å². The van der Waals surface area contributed by atoms with Crippen molar-refractivity contribution in [2.75, 3.05) is 25.3 Å². The van der Waals surface area contributed by atoms with Gasteiger partial charge in [-0.1, -0.05) is 0 Å². The first-order chi connectivity index (χ1) is 7.74. The predicted octanol–water partition coefficient (Wildman–Crippen LogP) is 1.93. The summed E-state index contributed by atoms with van der Waals surface area (Å²) in [7, 11) is -1.48. The molecule has 0 amide bonds. The maximum absolute atomic E-state index is 11.3. The predicted molar refractivity (Wildman–Crippen MR) is 69.1 cm³/mol. The Kier molecular flexibility index (Phi) is 4.16. The van der Waals surface area contributed by atoms with Crippen LogP contribution in [0.3, 0.4) is 0 Å². The maximum atomic E-state index is 11.3. The fraction of sp³-hybridized carbons (Fsp3) is 0.500. The van der Waals surface area contributed by atoms with E-state index in [1.54, 1.807) is 31.4 Å². The average Bonchev–Trinajstić information content (AvgIpc) is 2.16. The molecule has 0 saturated heterocycles. The van der Waals surface area contributed by atoms with Crippen LogP contribution in [0.1, 0.15) is 13.8 Å². The Bertz CT molecular complexity index is 463. The van der Waals surface area contributed by atoms with Gasteiger partial charge in [-0.3, -0.25) is 0 Å². The minimum atomic E-state index is -3.13. The van der Waals surface area contributed by atoms with E-state index >= 15 is 0 Å². The van der Waals surface area contributed by atoms with Crippen LogP contribution >= 0.6 is 0 Å². The number of sulfone groups is 1. The van der Waals surface area contributed by atoms with E-state index in [2.05, 4.69) is 5.32 Å². The second-order valence-corrected chi connectivity index (χ2v) is 6.75. The molecule has 0 fully saturated rings.